The normalized spacial score (nSPS) is 14.4. The molecule has 2 aromatic carbocycles. The van der Waals surface area contributed by atoms with Crippen molar-refractivity contribution in [3.8, 4) is 22.9 Å². The van der Waals surface area contributed by atoms with Gasteiger partial charge in [-0.3, -0.25) is 14.5 Å². The van der Waals surface area contributed by atoms with Gasteiger partial charge in [-0.05, 0) is 84.6 Å². The third-order valence-corrected chi connectivity index (χ3v) is 7.78. The average Bonchev–Trinajstić information content (AvgIpc) is 3.83. The summed E-state index contributed by atoms with van der Waals surface area (Å²) in [7, 11) is 0. The molecule has 1 amide bonds. The molecule has 1 aliphatic rings. The first-order valence-corrected chi connectivity index (χ1v) is 13.6. The van der Waals surface area contributed by atoms with Crippen LogP contribution >= 0.6 is 0 Å². The van der Waals surface area contributed by atoms with Gasteiger partial charge in [0.25, 0.3) is 5.91 Å². The number of pyridine rings is 2. The number of carbonyl (C=O) groups is 1. The van der Waals surface area contributed by atoms with Gasteiger partial charge in [-0.25, -0.2) is 19.6 Å². The van der Waals surface area contributed by atoms with Crippen LogP contribution in [0.3, 0.4) is 0 Å². The number of aryl methyl sites for hydroxylation is 1. The molecule has 5 heterocycles. The Balaban J connectivity index is 1.19. The quantitative estimate of drug-likeness (QED) is 0.284. The fourth-order valence-electron chi connectivity index (χ4n) is 5.73. The van der Waals surface area contributed by atoms with Gasteiger partial charge in [-0.15, -0.1) is 0 Å². The van der Waals surface area contributed by atoms with Gasteiger partial charge in [0.15, 0.2) is 17.3 Å². The van der Waals surface area contributed by atoms with E-state index in [0.717, 1.165) is 46.1 Å². The lowest BCUT2D eigenvalue weighted by Gasteiger charge is -2.16. The molecule has 0 saturated heterocycles. The van der Waals surface area contributed by atoms with Crippen LogP contribution in [0.4, 0.5) is 5.82 Å². The van der Waals surface area contributed by atoms with Crippen LogP contribution in [0.15, 0.2) is 91.5 Å². The fourth-order valence-corrected chi connectivity index (χ4v) is 5.73. The predicted octanol–water partition coefficient (Wildman–Crippen LogP) is 4.54. The Hall–Kier alpha value is -5.84. The Morgan fingerprint density at radius 3 is 2.86 bits per heavy atom. The van der Waals surface area contributed by atoms with E-state index in [-0.39, 0.29) is 11.9 Å². The number of nitrogens with zero attached hydrogens (tertiary/aromatic N) is 7. The van der Waals surface area contributed by atoms with Crippen molar-refractivity contribution < 1.29 is 4.79 Å². The van der Waals surface area contributed by atoms with Crippen molar-refractivity contribution >= 4 is 33.8 Å². The average molecular weight is 553 g/mol. The highest BCUT2D eigenvalue weighted by Gasteiger charge is 2.26. The minimum atomic E-state index is -0.106. The number of nitrogens with one attached hydrogen (secondary N) is 2. The Bertz CT molecular complexity index is 2130. The summed E-state index contributed by atoms with van der Waals surface area (Å²) in [5.41, 5.74) is 13.1. The number of amides is 1. The number of imidazole rings is 1. The van der Waals surface area contributed by atoms with Crippen molar-refractivity contribution in [2.75, 3.05) is 5.73 Å². The van der Waals surface area contributed by atoms with Crippen LogP contribution < -0.4 is 11.1 Å². The molecule has 204 valence electrons. The molecule has 11 heteroatoms. The Morgan fingerprint density at radius 2 is 1.98 bits per heavy atom. The molecular formula is C31H24N10O. The van der Waals surface area contributed by atoms with Gasteiger partial charge < -0.3 is 11.1 Å². The number of carbonyl (C=O) groups excluding carboxylic acids is 1. The number of rotatable bonds is 5. The molecule has 0 bridgehead atoms. The fraction of sp³-hybridized carbons (Fsp3) is 0.0968. The topological polar surface area (TPSA) is 145 Å². The predicted molar refractivity (Wildman–Crippen MR) is 158 cm³/mol. The van der Waals surface area contributed by atoms with E-state index in [1.165, 1.54) is 5.56 Å². The zero-order chi connectivity index (χ0) is 28.2. The maximum absolute atomic E-state index is 13.2. The van der Waals surface area contributed by atoms with Gasteiger partial charge in [0.1, 0.15) is 11.3 Å². The molecule has 0 unspecified atom stereocenters. The van der Waals surface area contributed by atoms with E-state index in [9.17, 15) is 4.79 Å². The third kappa shape index (κ3) is 3.90. The molecule has 8 rings (SSSR count). The number of anilines is 1. The highest BCUT2D eigenvalue weighted by molar-refractivity contribution is 5.98. The van der Waals surface area contributed by atoms with Gasteiger partial charge in [-0.1, -0.05) is 6.07 Å². The molecular weight excluding hydrogens is 528 g/mol. The number of hydrogen-bond donors (Lipinski definition) is 3. The highest BCUT2D eigenvalue weighted by atomic mass is 16.1. The number of H-pyrrole nitrogens is 1. The van der Waals surface area contributed by atoms with Gasteiger partial charge in [0.2, 0.25) is 0 Å². The Labute approximate surface area is 239 Å². The minimum absolute atomic E-state index is 0.0842. The van der Waals surface area contributed by atoms with Crippen LogP contribution in [-0.2, 0) is 6.42 Å². The molecule has 0 aliphatic heterocycles. The molecule has 4 N–H and O–H groups in total. The van der Waals surface area contributed by atoms with Gasteiger partial charge in [0.05, 0.1) is 23.3 Å². The highest BCUT2D eigenvalue weighted by Crippen LogP contribution is 2.36. The summed E-state index contributed by atoms with van der Waals surface area (Å²) in [4.78, 5) is 27.3. The molecule has 0 radical (unpaired) electrons. The summed E-state index contributed by atoms with van der Waals surface area (Å²) in [6.07, 6.45) is 8.60. The van der Waals surface area contributed by atoms with Crippen molar-refractivity contribution in [1.29, 1.82) is 0 Å². The van der Waals surface area contributed by atoms with Gasteiger partial charge >= 0.3 is 0 Å². The maximum Gasteiger partial charge on any atom is 0.251 e. The summed E-state index contributed by atoms with van der Waals surface area (Å²) in [6.45, 7) is 0. The molecule has 7 aromatic rings. The molecule has 5 aromatic heterocycles. The van der Waals surface area contributed by atoms with Gasteiger partial charge in [-0.2, -0.15) is 10.2 Å². The Morgan fingerprint density at radius 1 is 1.02 bits per heavy atom. The van der Waals surface area contributed by atoms with Crippen LogP contribution in [0.1, 0.15) is 33.9 Å². The first-order valence-electron chi connectivity index (χ1n) is 13.6. The lowest BCUT2D eigenvalue weighted by Crippen LogP contribution is -2.27. The molecule has 1 aliphatic carbocycles. The maximum atomic E-state index is 13.2. The van der Waals surface area contributed by atoms with E-state index in [4.69, 9.17) is 15.7 Å². The summed E-state index contributed by atoms with van der Waals surface area (Å²) in [5.74, 6) is 1.61. The second kappa shape index (κ2) is 9.37. The first-order chi connectivity index (χ1) is 20.6. The SMILES string of the molecule is Nc1ncccc1-c1nc2ccc(-n3cccn3)nc2n1-c1ccc2c(c1)CC[C@@H]2NC(=O)c1ccc2[nH]ncc2c1. The van der Waals surface area contributed by atoms with Crippen LogP contribution in [0.25, 0.3) is 45.0 Å². The van der Waals surface area contributed by atoms with E-state index >= 15 is 0 Å². The number of hydrogen-bond acceptors (Lipinski definition) is 7. The van der Waals surface area contributed by atoms with Crippen LogP contribution in [0.5, 0.6) is 0 Å². The molecule has 0 spiro atoms. The zero-order valence-corrected chi connectivity index (χ0v) is 22.3. The number of aromatic nitrogens is 8. The van der Waals surface area contributed by atoms with Crippen LogP contribution in [0.2, 0.25) is 0 Å². The third-order valence-electron chi connectivity index (χ3n) is 7.78. The van der Waals surface area contributed by atoms with Crippen molar-refractivity contribution in [2.45, 2.75) is 18.9 Å². The number of nitrogen functional groups attached to an aromatic ring is 1. The van der Waals surface area contributed by atoms with E-state index in [1.54, 1.807) is 23.3 Å². The number of benzene rings is 2. The Kier molecular flexibility index (Phi) is 5.36. The van der Waals surface area contributed by atoms with E-state index < -0.39 is 0 Å². The molecule has 0 saturated carbocycles. The van der Waals surface area contributed by atoms with Crippen molar-refractivity contribution in [3.05, 3.63) is 108 Å². The summed E-state index contributed by atoms with van der Waals surface area (Å²) in [6, 6.07) is 21.2. The van der Waals surface area contributed by atoms with Crippen LogP contribution in [0, 0.1) is 0 Å². The number of aromatic amines is 1. The van der Waals surface area contributed by atoms with E-state index in [2.05, 4.69) is 37.7 Å². The lowest BCUT2D eigenvalue weighted by atomic mass is 10.1. The summed E-state index contributed by atoms with van der Waals surface area (Å²) >= 11 is 0. The number of nitrogens with two attached hydrogens (primary N) is 1. The summed E-state index contributed by atoms with van der Waals surface area (Å²) in [5, 5.41) is 15.4. The monoisotopic (exact) mass is 552 g/mol. The molecule has 0 fully saturated rings. The van der Waals surface area contributed by atoms with Gasteiger partial charge in [0, 0.05) is 35.2 Å². The molecule has 42 heavy (non-hydrogen) atoms. The zero-order valence-electron chi connectivity index (χ0n) is 22.3. The summed E-state index contributed by atoms with van der Waals surface area (Å²) < 4.78 is 3.73. The standard InChI is InChI=1S/C31H24N10O/c32-28-23(3-1-12-33-28)29-36-26-10-11-27(40-14-2-13-35-40)38-30(26)41(29)21-6-7-22-18(16-21)4-9-25(22)37-31(42)19-5-8-24-20(15-19)17-34-39-24/h1-3,5-8,10-17,25H,4,9H2,(H2,32,33)(H,34,39)(H,37,42)/t25-/m0/s1. The number of fused-ring (bicyclic) bond motifs is 3. The van der Waals surface area contributed by atoms with Crippen molar-refractivity contribution in [2.24, 2.45) is 0 Å². The second-order valence-electron chi connectivity index (χ2n) is 10.3. The first kappa shape index (κ1) is 24.0. The smallest absolute Gasteiger partial charge is 0.251 e. The van der Waals surface area contributed by atoms with Crippen molar-refractivity contribution in [3.63, 3.8) is 0 Å². The molecule has 1 atom stereocenters. The second-order valence-corrected chi connectivity index (χ2v) is 10.3. The van der Waals surface area contributed by atoms with E-state index in [0.29, 0.717) is 28.7 Å². The van der Waals surface area contributed by atoms with E-state index in [1.807, 2.05) is 65.4 Å². The van der Waals surface area contributed by atoms with Crippen molar-refractivity contribution in [1.82, 2.24) is 44.8 Å². The largest absolute Gasteiger partial charge is 0.383 e. The molecule has 11 nitrogen and oxygen atoms in total. The van der Waals surface area contributed by atoms with Crippen LogP contribution in [-0.4, -0.2) is 45.4 Å². The lowest BCUT2D eigenvalue weighted by molar-refractivity contribution is 0.0937. The minimum Gasteiger partial charge on any atom is -0.383 e.